The van der Waals surface area contributed by atoms with E-state index in [-0.39, 0.29) is 0 Å². The maximum Gasteiger partial charge on any atom is 0.192 e. The summed E-state index contributed by atoms with van der Waals surface area (Å²) < 4.78 is 5.52. The molecule has 0 radical (unpaired) electrons. The Hall–Kier alpha value is -1.39. The van der Waals surface area contributed by atoms with E-state index in [0.29, 0.717) is 17.9 Å². The van der Waals surface area contributed by atoms with E-state index in [2.05, 4.69) is 43.0 Å². The van der Waals surface area contributed by atoms with E-state index in [1.54, 1.807) is 0 Å². The Morgan fingerprint density at radius 1 is 1.37 bits per heavy atom. The molecule has 1 aromatic heterocycles. The molecular weight excluding hydrogens is 238 g/mol. The van der Waals surface area contributed by atoms with Crippen LogP contribution in [0.5, 0.6) is 0 Å². The lowest BCUT2D eigenvalue weighted by Crippen LogP contribution is -2.24. The molecule has 0 aliphatic rings. The van der Waals surface area contributed by atoms with Gasteiger partial charge in [0.05, 0.1) is 0 Å². The number of nitrogens with two attached hydrogens (primary N) is 1. The molecule has 2 rings (SSSR count). The van der Waals surface area contributed by atoms with Crippen molar-refractivity contribution >= 4 is 11.1 Å². The van der Waals surface area contributed by atoms with Crippen LogP contribution in [-0.4, -0.2) is 30.5 Å². The third kappa shape index (κ3) is 3.14. The molecule has 0 aliphatic heterocycles. The fourth-order valence-corrected chi connectivity index (χ4v) is 2.39. The summed E-state index contributed by atoms with van der Waals surface area (Å²) in [5, 5.41) is 0. The fourth-order valence-electron chi connectivity index (χ4n) is 2.39. The maximum absolute atomic E-state index is 5.75. The molecule has 0 amide bonds. The fraction of sp³-hybridized carbons (Fsp3) is 0.533. The molecule has 2 aromatic rings. The molecule has 1 heterocycles. The van der Waals surface area contributed by atoms with Crippen molar-refractivity contribution in [1.29, 1.82) is 0 Å². The Balaban J connectivity index is 2.32. The number of aryl methyl sites for hydroxylation is 1. The predicted molar refractivity (Wildman–Crippen MR) is 78.0 cm³/mol. The van der Waals surface area contributed by atoms with E-state index >= 15 is 0 Å². The first-order chi connectivity index (χ1) is 9.01. The lowest BCUT2D eigenvalue weighted by molar-refractivity contribution is 0.255. The second-order valence-electron chi connectivity index (χ2n) is 5.52. The Bertz CT molecular complexity index is 547. The largest absolute Gasteiger partial charge is 0.441 e. The van der Waals surface area contributed by atoms with Gasteiger partial charge >= 0.3 is 0 Å². The van der Waals surface area contributed by atoms with Crippen LogP contribution in [-0.2, 0) is 0 Å². The average Bonchev–Trinajstić information content (AvgIpc) is 2.74. The second kappa shape index (κ2) is 5.72. The van der Waals surface area contributed by atoms with Crippen molar-refractivity contribution in [3.05, 3.63) is 29.7 Å². The van der Waals surface area contributed by atoms with Crippen molar-refractivity contribution in [2.45, 2.75) is 26.3 Å². The van der Waals surface area contributed by atoms with Crippen LogP contribution >= 0.6 is 0 Å². The predicted octanol–water partition coefficient (Wildman–Crippen LogP) is 2.72. The third-order valence-corrected chi connectivity index (χ3v) is 3.55. The number of nitrogens with zero attached hydrogens (tertiary/aromatic N) is 2. The molecule has 19 heavy (non-hydrogen) atoms. The van der Waals surface area contributed by atoms with Crippen molar-refractivity contribution in [3.8, 4) is 0 Å². The molecular formula is C15H23N3O. The quantitative estimate of drug-likeness (QED) is 0.899. The Labute approximate surface area is 114 Å². The Morgan fingerprint density at radius 3 is 2.74 bits per heavy atom. The van der Waals surface area contributed by atoms with Crippen molar-refractivity contribution in [1.82, 2.24) is 9.88 Å². The summed E-state index contributed by atoms with van der Waals surface area (Å²) in [5.41, 5.74) is 8.80. The molecule has 0 saturated carbocycles. The SMILES string of the molecule is Cc1nc2cc(C(CC(C)CN)N(C)C)ccc2o1. The van der Waals surface area contributed by atoms with Gasteiger partial charge in [-0.05, 0) is 50.7 Å². The monoisotopic (exact) mass is 261 g/mol. The summed E-state index contributed by atoms with van der Waals surface area (Å²) in [6, 6.07) is 6.62. The number of aromatic nitrogens is 1. The van der Waals surface area contributed by atoms with Crippen molar-refractivity contribution in [3.63, 3.8) is 0 Å². The van der Waals surface area contributed by atoms with Crippen LogP contribution in [0.3, 0.4) is 0 Å². The lowest BCUT2D eigenvalue weighted by Gasteiger charge is -2.27. The van der Waals surface area contributed by atoms with E-state index in [9.17, 15) is 0 Å². The van der Waals surface area contributed by atoms with Crippen LogP contribution in [0.1, 0.15) is 30.8 Å². The molecule has 0 saturated heterocycles. The molecule has 0 fully saturated rings. The highest BCUT2D eigenvalue weighted by Gasteiger charge is 2.18. The number of oxazole rings is 1. The minimum atomic E-state index is 0.361. The summed E-state index contributed by atoms with van der Waals surface area (Å²) in [4.78, 5) is 6.64. The molecule has 0 spiro atoms. The lowest BCUT2D eigenvalue weighted by atomic mass is 9.95. The number of fused-ring (bicyclic) bond motifs is 1. The minimum Gasteiger partial charge on any atom is -0.441 e. The van der Waals surface area contributed by atoms with E-state index in [4.69, 9.17) is 10.2 Å². The van der Waals surface area contributed by atoms with Crippen molar-refractivity contribution in [2.24, 2.45) is 11.7 Å². The van der Waals surface area contributed by atoms with Gasteiger partial charge in [0.25, 0.3) is 0 Å². The summed E-state index contributed by atoms with van der Waals surface area (Å²) >= 11 is 0. The number of hydrogen-bond donors (Lipinski definition) is 1. The van der Waals surface area contributed by atoms with Gasteiger partial charge in [-0.15, -0.1) is 0 Å². The van der Waals surface area contributed by atoms with Crippen LogP contribution in [0, 0.1) is 12.8 Å². The summed E-state index contributed by atoms with van der Waals surface area (Å²) in [5.74, 6) is 1.21. The van der Waals surface area contributed by atoms with Crippen LogP contribution < -0.4 is 5.73 Å². The van der Waals surface area contributed by atoms with Gasteiger partial charge in [-0.2, -0.15) is 0 Å². The van der Waals surface area contributed by atoms with Crippen LogP contribution in [0.15, 0.2) is 22.6 Å². The van der Waals surface area contributed by atoms with E-state index in [1.165, 1.54) is 5.56 Å². The minimum absolute atomic E-state index is 0.361. The van der Waals surface area contributed by atoms with Crippen molar-refractivity contribution in [2.75, 3.05) is 20.6 Å². The van der Waals surface area contributed by atoms with Gasteiger partial charge in [-0.1, -0.05) is 13.0 Å². The zero-order valence-corrected chi connectivity index (χ0v) is 12.2. The first kappa shape index (κ1) is 14.0. The molecule has 0 aliphatic carbocycles. The van der Waals surface area contributed by atoms with Gasteiger partial charge < -0.3 is 15.1 Å². The molecule has 2 unspecified atom stereocenters. The topological polar surface area (TPSA) is 55.3 Å². The van der Waals surface area contributed by atoms with Gasteiger partial charge in [0.1, 0.15) is 5.52 Å². The standard InChI is InChI=1S/C15H23N3O/c1-10(9-16)7-14(18(3)4)12-5-6-15-13(8-12)17-11(2)19-15/h5-6,8,10,14H,7,9,16H2,1-4H3. The molecule has 4 nitrogen and oxygen atoms in total. The van der Waals surface area contributed by atoms with E-state index < -0.39 is 0 Å². The number of rotatable bonds is 5. The van der Waals surface area contributed by atoms with Crippen LogP contribution in [0.4, 0.5) is 0 Å². The highest BCUT2D eigenvalue weighted by molar-refractivity contribution is 5.73. The second-order valence-corrected chi connectivity index (χ2v) is 5.52. The molecule has 0 bridgehead atoms. The Kier molecular flexibility index (Phi) is 4.22. The van der Waals surface area contributed by atoms with E-state index in [1.807, 2.05) is 13.0 Å². The van der Waals surface area contributed by atoms with Gasteiger partial charge in [0, 0.05) is 13.0 Å². The smallest absolute Gasteiger partial charge is 0.192 e. The first-order valence-corrected chi connectivity index (χ1v) is 6.75. The highest BCUT2D eigenvalue weighted by Crippen LogP contribution is 2.28. The maximum atomic E-state index is 5.75. The normalized spacial score (nSPS) is 15.1. The molecule has 2 atom stereocenters. The highest BCUT2D eigenvalue weighted by atomic mass is 16.3. The summed E-state index contributed by atoms with van der Waals surface area (Å²) in [6.45, 7) is 4.78. The van der Waals surface area contributed by atoms with Crippen molar-refractivity contribution < 1.29 is 4.42 Å². The van der Waals surface area contributed by atoms with Gasteiger partial charge in [-0.25, -0.2) is 4.98 Å². The summed E-state index contributed by atoms with van der Waals surface area (Å²) in [7, 11) is 4.21. The first-order valence-electron chi connectivity index (χ1n) is 6.75. The number of benzene rings is 1. The zero-order chi connectivity index (χ0) is 14.0. The third-order valence-electron chi connectivity index (χ3n) is 3.55. The zero-order valence-electron chi connectivity index (χ0n) is 12.2. The average molecular weight is 261 g/mol. The molecule has 104 valence electrons. The van der Waals surface area contributed by atoms with Crippen LogP contribution in [0.25, 0.3) is 11.1 Å². The molecule has 2 N–H and O–H groups in total. The number of hydrogen-bond acceptors (Lipinski definition) is 4. The van der Waals surface area contributed by atoms with Gasteiger partial charge in [-0.3, -0.25) is 0 Å². The van der Waals surface area contributed by atoms with Gasteiger partial charge in [0.2, 0.25) is 0 Å². The van der Waals surface area contributed by atoms with Crippen LogP contribution in [0.2, 0.25) is 0 Å². The van der Waals surface area contributed by atoms with Gasteiger partial charge in [0.15, 0.2) is 11.5 Å². The molecule has 1 aromatic carbocycles. The Morgan fingerprint density at radius 2 is 2.11 bits per heavy atom. The molecule has 4 heteroatoms. The summed E-state index contributed by atoms with van der Waals surface area (Å²) in [6.07, 6.45) is 1.05. The van der Waals surface area contributed by atoms with E-state index in [0.717, 1.165) is 24.1 Å².